The second-order valence-electron chi connectivity index (χ2n) is 5.99. The molecule has 1 unspecified atom stereocenters. The van der Waals surface area contributed by atoms with Crippen LogP contribution in [0.5, 0.6) is 0 Å². The maximum Gasteiger partial charge on any atom is 0.248 e. The zero-order chi connectivity index (χ0) is 17.6. The maximum atomic E-state index is 6.10. The van der Waals surface area contributed by atoms with E-state index >= 15 is 0 Å². The topological polar surface area (TPSA) is 78.6 Å². The first kappa shape index (κ1) is 17.5. The van der Waals surface area contributed by atoms with Crippen LogP contribution in [0.15, 0.2) is 33.8 Å². The van der Waals surface area contributed by atoms with E-state index in [1.165, 1.54) is 0 Å². The van der Waals surface area contributed by atoms with Crippen LogP contribution in [-0.2, 0) is 6.54 Å². The molecule has 134 valence electrons. The Kier molecular flexibility index (Phi) is 5.75. The largest absolute Gasteiger partial charge is 0.369 e. The van der Waals surface area contributed by atoms with Gasteiger partial charge in [0, 0.05) is 36.4 Å². The van der Waals surface area contributed by atoms with E-state index in [-0.39, 0.29) is 0 Å². The number of hydrogen-bond acceptors (Lipinski definition) is 5. The number of aryl methyl sites for hydroxylation is 1. The zero-order valence-corrected chi connectivity index (χ0v) is 15.3. The van der Waals surface area contributed by atoms with Crippen molar-refractivity contribution >= 4 is 23.2 Å². The Morgan fingerprint density at radius 1 is 1.48 bits per heavy atom. The van der Waals surface area contributed by atoms with Gasteiger partial charge in [0.1, 0.15) is 6.54 Å². The lowest BCUT2D eigenvalue weighted by Gasteiger charge is -2.20. The Bertz CT molecular complexity index is 731. The van der Waals surface area contributed by atoms with Gasteiger partial charge in [0.2, 0.25) is 5.89 Å². The number of nitrogens with one attached hydrogen (secondary N) is 2. The van der Waals surface area contributed by atoms with E-state index in [1.807, 2.05) is 25.1 Å². The summed E-state index contributed by atoms with van der Waals surface area (Å²) in [6.07, 6.45) is 1.04. The first-order valence-electron chi connectivity index (χ1n) is 8.48. The number of aromatic nitrogens is 2. The predicted molar refractivity (Wildman–Crippen MR) is 99.1 cm³/mol. The van der Waals surface area contributed by atoms with Crippen molar-refractivity contribution in [3.63, 3.8) is 0 Å². The highest BCUT2D eigenvalue weighted by Crippen LogP contribution is 2.23. The van der Waals surface area contributed by atoms with Crippen LogP contribution in [0.2, 0.25) is 5.02 Å². The Hall–Kier alpha value is -2.28. The molecule has 1 aromatic carbocycles. The lowest BCUT2D eigenvalue weighted by atomic mass is 10.3. The van der Waals surface area contributed by atoms with Crippen molar-refractivity contribution in [2.75, 3.05) is 24.5 Å². The van der Waals surface area contributed by atoms with E-state index in [9.17, 15) is 0 Å². The number of guanidine groups is 1. The molecule has 0 saturated carbocycles. The molecule has 2 N–H and O–H groups in total. The van der Waals surface area contributed by atoms with Crippen LogP contribution >= 0.6 is 11.6 Å². The number of nitrogens with zero attached hydrogens (tertiary/aromatic N) is 4. The molecule has 8 heteroatoms. The SMILES string of the molecule is CCNC(=NCc1nc(C)no1)NC1CCN(c2cccc(Cl)c2)C1. The molecule has 0 bridgehead atoms. The molecule has 0 spiro atoms. The van der Waals surface area contributed by atoms with Gasteiger partial charge in [-0.3, -0.25) is 0 Å². The summed E-state index contributed by atoms with van der Waals surface area (Å²) in [6.45, 7) is 6.88. The molecule has 1 fully saturated rings. The van der Waals surface area contributed by atoms with Gasteiger partial charge in [0.05, 0.1) is 0 Å². The average Bonchev–Trinajstić information content (AvgIpc) is 3.22. The summed E-state index contributed by atoms with van der Waals surface area (Å²) < 4.78 is 5.10. The van der Waals surface area contributed by atoms with Crippen molar-refractivity contribution in [2.45, 2.75) is 32.9 Å². The lowest BCUT2D eigenvalue weighted by Crippen LogP contribution is -2.44. The van der Waals surface area contributed by atoms with Crippen LogP contribution in [0, 0.1) is 6.92 Å². The molecule has 1 aliphatic heterocycles. The Balaban J connectivity index is 1.59. The first-order valence-corrected chi connectivity index (χ1v) is 8.86. The van der Waals surface area contributed by atoms with E-state index < -0.39 is 0 Å². The molecule has 25 heavy (non-hydrogen) atoms. The van der Waals surface area contributed by atoms with E-state index in [1.54, 1.807) is 6.92 Å². The molecule has 7 nitrogen and oxygen atoms in total. The fourth-order valence-electron chi connectivity index (χ4n) is 2.85. The van der Waals surface area contributed by atoms with Crippen LogP contribution < -0.4 is 15.5 Å². The predicted octanol–water partition coefficient (Wildman–Crippen LogP) is 2.37. The molecule has 2 heterocycles. The Morgan fingerprint density at radius 3 is 3.08 bits per heavy atom. The van der Waals surface area contributed by atoms with Crippen LogP contribution in [0.3, 0.4) is 0 Å². The number of aliphatic imine (C=N–C) groups is 1. The number of hydrogen-bond donors (Lipinski definition) is 2. The summed E-state index contributed by atoms with van der Waals surface area (Å²) >= 11 is 6.10. The van der Waals surface area contributed by atoms with Gasteiger partial charge in [0.25, 0.3) is 0 Å². The number of benzene rings is 1. The van der Waals surface area contributed by atoms with Crippen LogP contribution in [0.4, 0.5) is 5.69 Å². The number of anilines is 1. The van der Waals surface area contributed by atoms with Crippen LogP contribution in [-0.4, -0.2) is 41.8 Å². The molecule has 3 rings (SSSR count). The fraction of sp³-hybridized carbons (Fsp3) is 0.471. The van der Waals surface area contributed by atoms with Gasteiger partial charge in [-0.05, 0) is 38.5 Å². The molecule has 2 aromatic rings. The molecule has 0 aliphatic carbocycles. The average molecular weight is 363 g/mol. The van der Waals surface area contributed by atoms with Gasteiger partial charge in [-0.1, -0.05) is 22.8 Å². The van der Waals surface area contributed by atoms with Crippen molar-refractivity contribution in [1.29, 1.82) is 0 Å². The Labute approximate surface area is 152 Å². The summed E-state index contributed by atoms with van der Waals surface area (Å²) in [5, 5.41) is 11.3. The summed E-state index contributed by atoms with van der Waals surface area (Å²) in [4.78, 5) is 11.0. The van der Waals surface area contributed by atoms with Crippen molar-refractivity contribution < 1.29 is 4.52 Å². The highest BCUT2D eigenvalue weighted by atomic mass is 35.5. The maximum absolute atomic E-state index is 6.10. The van der Waals surface area contributed by atoms with E-state index in [0.717, 1.165) is 42.7 Å². The summed E-state index contributed by atoms with van der Waals surface area (Å²) in [5.41, 5.74) is 1.15. The standard InChI is InChI=1S/C17H23ClN6O/c1-3-19-17(20-10-16-21-12(2)23-25-16)22-14-7-8-24(11-14)15-6-4-5-13(18)9-15/h4-6,9,14H,3,7-8,10-11H2,1-2H3,(H2,19,20,22). The number of halogens is 1. The normalized spacial score (nSPS) is 17.8. The van der Waals surface area contributed by atoms with Gasteiger partial charge in [0.15, 0.2) is 11.8 Å². The minimum Gasteiger partial charge on any atom is -0.369 e. The lowest BCUT2D eigenvalue weighted by molar-refractivity contribution is 0.376. The van der Waals surface area contributed by atoms with Crippen molar-refractivity contribution in [3.8, 4) is 0 Å². The third kappa shape index (κ3) is 4.85. The van der Waals surface area contributed by atoms with Gasteiger partial charge >= 0.3 is 0 Å². The first-order chi connectivity index (χ1) is 12.1. The van der Waals surface area contributed by atoms with Gasteiger partial charge in [-0.2, -0.15) is 4.98 Å². The third-order valence-corrected chi connectivity index (χ3v) is 4.22. The molecule has 1 saturated heterocycles. The summed E-state index contributed by atoms with van der Waals surface area (Å²) in [7, 11) is 0. The molecular formula is C17H23ClN6O. The second-order valence-corrected chi connectivity index (χ2v) is 6.42. The van der Waals surface area contributed by atoms with Crippen molar-refractivity contribution in [2.24, 2.45) is 4.99 Å². The minimum absolute atomic E-state index is 0.321. The summed E-state index contributed by atoms with van der Waals surface area (Å²) in [6, 6.07) is 8.29. The van der Waals surface area contributed by atoms with Crippen molar-refractivity contribution in [3.05, 3.63) is 41.0 Å². The molecule has 1 aromatic heterocycles. The van der Waals surface area contributed by atoms with E-state index in [0.29, 0.717) is 24.3 Å². The highest BCUT2D eigenvalue weighted by molar-refractivity contribution is 6.30. The molecule has 0 radical (unpaired) electrons. The monoisotopic (exact) mass is 362 g/mol. The van der Waals surface area contributed by atoms with E-state index in [2.05, 4.69) is 36.7 Å². The van der Waals surface area contributed by atoms with E-state index in [4.69, 9.17) is 16.1 Å². The van der Waals surface area contributed by atoms with Crippen LogP contribution in [0.25, 0.3) is 0 Å². The molecule has 0 amide bonds. The minimum atomic E-state index is 0.321. The second kappa shape index (κ2) is 8.20. The highest BCUT2D eigenvalue weighted by Gasteiger charge is 2.23. The van der Waals surface area contributed by atoms with Crippen LogP contribution in [0.1, 0.15) is 25.1 Å². The molecular weight excluding hydrogens is 340 g/mol. The zero-order valence-electron chi connectivity index (χ0n) is 14.5. The summed E-state index contributed by atoms with van der Waals surface area (Å²) in [5.74, 6) is 1.90. The van der Waals surface area contributed by atoms with Gasteiger partial charge < -0.3 is 20.1 Å². The van der Waals surface area contributed by atoms with Gasteiger partial charge in [-0.25, -0.2) is 4.99 Å². The smallest absolute Gasteiger partial charge is 0.248 e. The Morgan fingerprint density at radius 2 is 2.36 bits per heavy atom. The number of rotatable bonds is 5. The third-order valence-electron chi connectivity index (χ3n) is 3.99. The van der Waals surface area contributed by atoms with Gasteiger partial charge in [-0.15, -0.1) is 0 Å². The molecule has 1 aliphatic rings. The van der Waals surface area contributed by atoms with Crippen molar-refractivity contribution in [1.82, 2.24) is 20.8 Å². The molecule has 1 atom stereocenters. The quantitative estimate of drug-likeness (QED) is 0.628. The fourth-order valence-corrected chi connectivity index (χ4v) is 3.03.